The lowest BCUT2D eigenvalue weighted by atomic mass is 10.0. The first-order valence-corrected chi connectivity index (χ1v) is 5.74. The summed E-state index contributed by atoms with van der Waals surface area (Å²) in [6.07, 6.45) is 0. The average molecular weight is 291 g/mol. The largest absolute Gasteiger partial charge is 0.481 e. The van der Waals surface area contributed by atoms with Crippen LogP contribution in [0.3, 0.4) is 0 Å². The van der Waals surface area contributed by atoms with Crippen molar-refractivity contribution in [2.45, 2.75) is 19.9 Å². The number of rotatable bonds is 5. The van der Waals surface area contributed by atoms with Gasteiger partial charge in [-0.05, 0) is 19.9 Å². The van der Waals surface area contributed by atoms with Crippen molar-refractivity contribution in [1.82, 2.24) is 0 Å². The van der Waals surface area contributed by atoms with Gasteiger partial charge in [0.1, 0.15) is 11.5 Å². The molecule has 0 aliphatic heterocycles. The number of hydrogen-bond donors (Lipinski definition) is 2. The first-order valence-electron chi connectivity index (χ1n) is 5.36. The van der Waals surface area contributed by atoms with Crippen LogP contribution in [0.25, 0.3) is 0 Å². The standard InChI is InChI=1S/C11H12ClFN2O4/c1-5(11(16)17)6(2)14-9-3-7(12)8(13)4-10(9)15(18)19/h3-6,14H,1-2H3,(H,16,17). The lowest BCUT2D eigenvalue weighted by Gasteiger charge is -2.19. The fraction of sp³-hybridized carbons (Fsp3) is 0.364. The van der Waals surface area contributed by atoms with E-state index in [0.717, 1.165) is 6.07 Å². The van der Waals surface area contributed by atoms with Gasteiger partial charge in [0, 0.05) is 6.04 Å². The molecule has 0 spiro atoms. The van der Waals surface area contributed by atoms with E-state index in [-0.39, 0.29) is 10.7 Å². The highest BCUT2D eigenvalue weighted by Crippen LogP contribution is 2.31. The van der Waals surface area contributed by atoms with Gasteiger partial charge in [0.2, 0.25) is 0 Å². The number of hydrogen-bond acceptors (Lipinski definition) is 4. The number of benzene rings is 1. The lowest BCUT2D eigenvalue weighted by Crippen LogP contribution is -2.30. The van der Waals surface area contributed by atoms with E-state index in [1.54, 1.807) is 6.92 Å². The Bertz CT molecular complexity index is 524. The molecule has 1 aromatic rings. The van der Waals surface area contributed by atoms with Crippen LogP contribution in [0.5, 0.6) is 0 Å². The SMILES string of the molecule is CC(Nc1cc(Cl)c(F)cc1[N+](=O)[O-])C(C)C(=O)O. The minimum absolute atomic E-state index is 0.0167. The molecule has 0 saturated heterocycles. The van der Waals surface area contributed by atoms with Gasteiger partial charge in [-0.3, -0.25) is 14.9 Å². The summed E-state index contributed by atoms with van der Waals surface area (Å²) in [7, 11) is 0. The first-order chi connectivity index (χ1) is 8.73. The molecule has 8 heteroatoms. The summed E-state index contributed by atoms with van der Waals surface area (Å²) in [6, 6.07) is 1.18. The second-order valence-electron chi connectivity index (χ2n) is 4.10. The summed E-state index contributed by atoms with van der Waals surface area (Å²) in [5.41, 5.74) is -0.511. The van der Waals surface area contributed by atoms with Gasteiger partial charge in [-0.25, -0.2) is 4.39 Å². The van der Waals surface area contributed by atoms with Crippen LogP contribution in [-0.4, -0.2) is 22.0 Å². The van der Waals surface area contributed by atoms with Crippen molar-refractivity contribution in [3.63, 3.8) is 0 Å². The number of anilines is 1. The van der Waals surface area contributed by atoms with Crippen LogP contribution in [-0.2, 0) is 4.79 Å². The molecule has 0 saturated carbocycles. The molecule has 104 valence electrons. The van der Waals surface area contributed by atoms with Crippen LogP contribution < -0.4 is 5.32 Å². The number of halogens is 2. The molecule has 1 aromatic carbocycles. The number of carboxylic acids is 1. The summed E-state index contributed by atoms with van der Waals surface area (Å²) >= 11 is 5.56. The first kappa shape index (κ1) is 15.2. The van der Waals surface area contributed by atoms with E-state index in [1.807, 2.05) is 0 Å². The fourth-order valence-electron chi connectivity index (χ4n) is 1.39. The fourth-order valence-corrected chi connectivity index (χ4v) is 1.55. The summed E-state index contributed by atoms with van der Waals surface area (Å²) in [5.74, 6) is -2.72. The van der Waals surface area contributed by atoms with E-state index in [9.17, 15) is 19.3 Å². The van der Waals surface area contributed by atoms with E-state index in [4.69, 9.17) is 16.7 Å². The van der Waals surface area contributed by atoms with Gasteiger partial charge >= 0.3 is 5.97 Å². The molecule has 0 heterocycles. The Kier molecular flexibility index (Phi) is 4.66. The Balaban J connectivity index is 3.09. The molecule has 0 aliphatic carbocycles. The Labute approximate surface area is 113 Å². The smallest absolute Gasteiger partial charge is 0.308 e. The van der Waals surface area contributed by atoms with Gasteiger partial charge in [-0.2, -0.15) is 0 Å². The second-order valence-corrected chi connectivity index (χ2v) is 4.51. The van der Waals surface area contributed by atoms with Crippen molar-refractivity contribution in [1.29, 1.82) is 0 Å². The van der Waals surface area contributed by atoms with Crippen molar-refractivity contribution in [3.05, 3.63) is 33.1 Å². The van der Waals surface area contributed by atoms with E-state index < -0.39 is 34.4 Å². The Morgan fingerprint density at radius 1 is 1.53 bits per heavy atom. The van der Waals surface area contributed by atoms with Crippen molar-refractivity contribution in [3.8, 4) is 0 Å². The van der Waals surface area contributed by atoms with Gasteiger partial charge in [0.15, 0.2) is 0 Å². The highest BCUT2D eigenvalue weighted by molar-refractivity contribution is 6.31. The molecule has 6 nitrogen and oxygen atoms in total. The molecule has 2 atom stereocenters. The number of carbonyl (C=O) groups is 1. The van der Waals surface area contributed by atoms with Gasteiger partial charge in [0.05, 0.1) is 21.9 Å². The van der Waals surface area contributed by atoms with Crippen molar-refractivity contribution < 1.29 is 19.2 Å². The molecule has 0 radical (unpaired) electrons. The molecular formula is C11H12ClFN2O4. The van der Waals surface area contributed by atoms with Crippen LogP contribution in [0.4, 0.5) is 15.8 Å². The normalized spacial score (nSPS) is 13.7. The molecule has 0 bridgehead atoms. The Morgan fingerprint density at radius 3 is 2.58 bits per heavy atom. The molecule has 19 heavy (non-hydrogen) atoms. The summed E-state index contributed by atoms with van der Waals surface area (Å²) in [4.78, 5) is 20.9. The van der Waals surface area contributed by atoms with Crippen molar-refractivity contribution in [2.75, 3.05) is 5.32 Å². The third-order valence-electron chi connectivity index (χ3n) is 2.76. The quantitative estimate of drug-likeness (QED) is 0.642. The lowest BCUT2D eigenvalue weighted by molar-refractivity contribution is -0.384. The zero-order chi connectivity index (χ0) is 14.7. The van der Waals surface area contributed by atoms with E-state index in [1.165, 1.54) is 6.92 Å². The number of nitrogens with zero attached hydrogens (tertiary/aromatic N) is 1. The molecule has 0 aliphatic rings. The van der Waals surface area contributed by atoms with E-state index in [0.29, 0.717) is 6.07 Å². The third-order valence-corrected chi connectivity index (χ3v) is 3.05. The minimum Gasteiger partial charge on any atom is -0.481 e. The van der Waals surface area contributed by atoms with Gasteiger partial charge in [-0.1, -0.05) is 11.6 Å². The topological polar surface area (TPSA) is 92.5 Å². The van der Waals surface area contributed by atoms with Crippen LogP contribution in [0.15, 0.2) is 12.1 Å². The average Bonchev–Trinajstić information content (AvgIpc) is 2.31. The van der Waals surface area contributed by atoms with Gasteiger partial charge < -0.3 is 10.4 Å². The van der Waals surface area contributed by atoms with E-state index >= 15 is 0 Å². The van der Waals surface area contributed by atoms with Crippen LogP contribution in [0.2, 0.25) is 5.02 Å². The number of aliphatic carboxylic acids is 1. The summed E-state index contributed by atoms with van der Waals surface area (Å²) in [5, 5.41) is 22.1. The molecule has 0 fully saturated rings. The maximum absolute atomic E-state index is 13.2. The van der Waals surface area contributed by atoms with E-state index in [2.05, 4.69) is 5.32 Å². The maximum atomic E-state index is 13.2. The van der Waals surface area contributed by atoms with Crippen LogP contribution in [0, 0.1) is 21.8 Å². The van der Waals surface area contributed by atoms with Crippen LogP contribution in [0.1, 0.15) is 13.8 Å². The monoisotopic (exact) mass is 290 g/mol. The number of nitro groups is 1. The molecule has 2 N–H and O–H groups in total. The Hall–Kier alpha value is -1.89. The second kappa shape index (κ2) is 5.83. The number of nitrogens with one attached hydrogen (secondary N) is 1. The Morgan fingerprint density at radius 2 is 2.11 bits per heavy atom. The minimum atomic E-state index is -1.05. The predicted octanol–water partition coefficient (Wildman–Crippen LogP) is 2.91. The molecular weight excluding hydrogens is 279 g/mol. The van der Waals surface area contributed by atoms with Crippen LogP contribution >= 0.6 is 11.6 Å². The third kappa shape index (κ3) is 3.54. The maximum Gasteiger partial charge on any atom is 0.308 e. The molecule has 0 amide bonds. The zero-order valence-electron chi connectivity index (χ0n) is 10.2. The predicted molar refractivity (Wildman–Crippen MR) is 67.9 cm³/mol. The highest BCUT2D eigenvalue weighted by atomic mass is 35.5. The molecule has 1 rings (SSSR count). The van der Waals surface area contributed by atoms with Crippen molar-refractivity contribution >= 4 is 28.9 Å². The molecule has 2 unspecified atom stereocenters. The summed E-state index contributed by atoms with van der Waals surface area (Å²) < 4.78 is 13.2. The summed E-state index contributed by atoms with van der Waals surface area (Å²) in [6.45, 7) is 3.01. The van der Waals surface area contributed by atoms with Gasteiger partial charge in [0.25, 0.3) is 5.69 Å². The number of carboxylic acid groups (broad SMARTS) is 1. The molecule has 0 aromatic heterocycles. The zero-order valence-corrected chi connectivity index (χ0v) is 10.9. The number of nitro benzene ring substituents is 1. The highest BCUT2D eigenvalue weighted by Gasteiger charge is 2.24. The van der Waals surface area contributed by atoms with Crippen molar-refractivity contribution in [2.24, 2.45) is 5.92 Å². The van der Waals surface area contributed by atoms with Gasteiger partial charge in [-0.15, -0.1) is 0 Å².